The Balaban J connectivity index is 1.18. The number of amides is 3. The molecule has 0 spiro atoms. The Labute approximate surface area is 297 Å². The molecule has 0 aliphatic carbocycles. The monoisotopic (exact) mass is 745 g/mol. The SMILES string of the molecule is CC(C)(O/N=C(\C(=O)N[C@@H]1C(=O)N2C(C(=O)[O-])=C(C[N+]34CCC(CC3)N(C(=O)c3cc(=O)c(O)cn3O)CC4)CS[C@H]12)c1csc(N)n1)C(=O)[O-]. The highest BCUT2D eigenvalue weighted by molar-refractivity contribution is 8.00. The van der Waals surface area contributed by atoms with E-state index < -0.39 is 63.6 Å². The van der Waals surface area contributed by atoms with Crippen molar-refractivity contribution in [1.82, 2.24) is 24.8 Å². The Morgan fingerprint density at radius 1 is 1.20 bits per heavy atom. The van der Waals surface area contributed by atoms with E-state index in [1.54, 1.807) is 4.90 Å². The molecule has 3 amide bonds. The highest BCUT2D eigenvalue weighted by Gasteiger charge is 2.54. The first-order valence-corrected chi connectivity index (χ1v) is 17.6. The predicted molar refractivity (Wildman–Crippen MR) is 174 cm³/mol. The van der Waals surface area contributed by atoms with Crippen LogP contribution in [0.25, 0.3) is 0 Å². The molecule has 51 heavy (non-hydrogen) atoms. The molecule has 4 fully saturated rings. The molecule has 2 aromatic heterocycles. The number of hydrogen-bond acceptors (Lipinski definition) is 16. The van der Waals surface area contributed by atoms with Gasteiger partial charge in [-0.3, -0.25) is 24.1 Å². The fourth-order valence-corrected chi connectivity index (χ4v) is 8.55. The van der Waals surface area contributed by atoms with Gasteiger partial charge in [-0.15, -0.1) is 23.1 Å². The smallest absolute Gasteiger partial charge is 0.276 e. The number of piperidine rings is 1. The number of thiazole rings is 1. The van der Waals surface area contributed by atoms with Crippen LogP contribution in [0.3, 0.4) is 0 Å². The van der Waals surface area contributed by atoms with Crippen molar-refractivity contribution in [3.63, 3.8) is 0 Å². The quantitative estimate of drug-likeness (QED) is 0.0608. The molecule has 19 nitrogen and oxygen atoms in total. The van der Waals surface area contributed by atoms with Crippen LogP contribution in [0.5, 0.6) is 5.75 Å². The molecule has 0 aromatic carbocycles. The molecule has 21 heteroatoms. The van der Waals surface area contributed by atoms with Gasteiger partial charge in [-0.2, -0.15) is 4.73 Å². The normalized spacial score (nSPS) is 24.8. The molecule has 272 valence electrons. The summed E-state index contributed by atoms with van der Waals surface area (Å²) in [7, 11) is 0. The van der Waals surface area contributed by atoms with Crippen LogP contribution in [0.2, 0.25) is 0 Å². The number of nitrogens with two attached hydrogens (primary N) is 1. The number of fused-ring (bicyclic) bond motifs is 5. The van der Waals surface area contributed by atoms with E-state index >= 15 is 0 Å². The molecule has 2 bridgehead atoms. The molecular formula is C30H33N8O11S2-. The number of anilines is 1. The Hall–Kier alpha value is -5.15. The third kappa shape index (κ3) is 6.58. The number of carbonyl (C=O) groups is 5. The third-order valence-electron chi connectivity index (χ3n) is 9.51. The summed E-state index contributed by atoms with van der Waals surface area (Å²) in [4.78, 5) is 88.0. The number of rotatable bonds is 10. The van der Waals surface area contributed by atoms with Crippen molar-refractivity contribution in [3.8, 4) is 5.75 Å². The zero-order valence-electron chi connectivity index (χ0n) is 27.3. The number of hydrogen-bond donors (Lipinski definition) is 4. The van der Waals surface area contributed by atoms with E-state index in [1.807, 2.05) is 0 Å². The van der Waals surface area contributed by atoms with Crippen LogP contribution in [0.4, 0.5) is 5.13 Å². The zero-order chi connectivity index (χ0) is 37.0. The van der Waals surface area contributed by atoms with Crippen molar-refractivity contribution < 1.29 is 53.8 Å². The molecule has 2 aromatic rings. The number of aliphatic carboxylic acids is 2. The van der Waals surface area contributed by atoms with Crippen LogP contribution in [0, 0.1) is 0 Å². The maximum absolute atomic E-state index is 13.5. The highest BCUT2D eigenvalue weighted by Crippen LogP contribution is 2.41. The minimum absolute atomic E-state index is 0.0362. The highest BCUT2D eigenvalue weighted by atomic mass is 32.2. The molecular weight excluding hydrogens is 713 g/mol. The van der Waals surface area contributed by atoms with E-state index in [4.69, 9.17) is 10.6 Å². The summed E-state index contributed by atoms with van der Waals surface area (Å²) in [6.45, 7) is 4.46. The van der Waals surface area contributed by atoms with Gasteiger partial charge in [0.05, 0.1) is 50.0 Å². The Morgan fingerprint density at radius 2 is 1.90 bits per heavy atom. The largest absolute Gasteiger partial charge is 0.546 e. The van der Waals surface area contributed by atoms with Gasteiger partial charge in [-0.25, -0.2) is 4.98 Å². The second-order valence-corrected chi connectivity index (χ2v) is 15.1. The first kappa shape index (κ1) is 35.7. The molecule has 5 aliphatic heterocycles. The van der Waals surface area contributed by atoms with Crippen molar-refractivity contribution in [1.29, 1.82) is 0 Å². The van der Waals surface area contributed by atoms with Crippen LogP contribution >= 0.6 is 23.1 Å². The van der Waals surface area contributed by atoms with Crippen molar-refractivity contribution >= 4 is 63.6 Å². The average Bonchev–Trinajstić information content (AvgIpc) is 3.32. The summed E-state index contributed by atoms with van der Waals surface area (Å²) < 4.78 is 0.849. The van der Waals surface area contributed by atoms with Gasteiger partial charge in [0.1, 0.15) is 29.3 Å². The second-order valence-electron chi connectivity index (χ2n) is 13.2. The van der Waals surface area contributed by atoms with E-state index in [0.717, 1.165) is 42.3 Å². The average molecular weight is 746 g/mol. The number of carbonyl (C=O) groups excluding carboxylic acids is 5. The lowest BCUT2D eigenvalue weighted by Gasteiger charge is -2.51. The Morgan fingerprint density at radius 3 is 2.53 bits per heavy atom. The lowest BCUT2D eigenvalue weighted by Crippen LogP contribution is -2.72. The zero-order valence-corrected chi connectivity index (χ0v) is 28.9. The minimum Gasteiger partial charge on any atom is -0.546 e. The number of nitrogen functional groups attached to an aromatic ring is 1. The number of quaternary nitrogens is 1. The van der Waals surface area contributed by atoms with Gasteiger partial charge in [0.2, 0.25) is 5.43 Å². The second kappa shape index (κ2) is 13.2. The molecule has 5 aliphatic rings. The molecule has 2 atom stereocenters. The van der Waals surface area contributed by atoms with Gasteiger partial charge in [0.25, 0.3) is 17.7 Å². The van der Waals surface area contributed by atoms with Gasteiger partial charge in [0, 0.05) is 41.7 Å². The maximum atomic E-state index is 13.5. The van der Waals surface area contributed by atoms with Crippen LogP contribution in [0.15, 0.2) is 38.9 Å². The topological polar surface area (TPSA) is 273 Å². The minimum atomic E-state index is -1.92. The van der Waals surface area contributed by atoms with Crippen LogP contribution < -0.4 is 26.7 Å². The number of carboxylic acid groups (broad SMARTS) is 2. The summed E-state index contributed by atoms with van der Waals surface area (Å²) in [6, 6.07) is -0.485. The van der Waals surface area contributed by atoms with E-state index in [2.05, 4.69) is 15.5 Å². The molecule has 4 saturated heterocycles. The number of aromatic nitrogens is 2. The van der Waals surface area contributed by atoms with Gasteiger partial charge in [-0.05, 0) is 13.8 Å². The third-order valence-corrected chi connectivity index (χ3v) is 11.5. The van der Waals surface area contributed by atoms with Gasteiger partial charge in [0.15, 0.2) is 22.2 Å². The molecule has 7 heterocycles. The van der Waals surface area contributed by atoms with Crippen LogP contribution in [-0.2, 0) is 24.0 Å². The van der Waals surface area contributed by atoms with Crippen molar-refractivity contribution in [2.24, 2.45) is 5.16 Å². The number of thioether (sulfide) groups is 1. The van der Waals surface area contributed by atoms with E-state index in [0.29, 0.717) is 47.3 Å². The lowest BCUT2D eigenvalue weighted by atomic mass is 9.99. The molecule has 0 radical (unpaired) electrons. The number of carboxylic acids is 2. The lowest BCUT2D eigenvalue weighted by molar-refractivity contribution is -0.924. The predicted octanol–water partition coefficient (Wildman–Crippen LogP) is -3.38. The molecule has 7 rings (SSSR count). The Bertz CT molecular complexity index is 1950. The number of β-lactam (4-membered cyclic amide) rings is 1. The van der Waals surface area contributed by atoms with Gasteiger partial charge >= 0.3 is 0 Å². The van der Waals surface area contributed by atoms with Gasteiger partial charge < -0.3 is 55.4 Å². The van der Waals surface area contributed by atoms with Crippen molar-refractivity contribution in [2.75, 3.05) is 44.2 Å². The number of nitrogens with one attached hydrogen (secondary N) is 1. The van der Waals surface area contributed by atoms with Crippen LogP contribution in [0.1, 0.15) is 42.9 Å². The molecule has 5 N–H and O–H groups in total. The van der Waals surface area contributed by atoms with Gasteiger partial charge in [-0.1, -0.05) is 5.16 Å². The molecule has 0 saturated carbocycles. The number of nitrogens with zero attached hydrogens (tertiary/aromatic N) is 6. The number of aromatic hydroxyl groups is 1. The van der Waals surface area contributed by atoms with Crippen LogP contribution in [-0.4, -0.2) is 131 Å². The first-order chi connectivity index (χ1) is 24.0. The number of oxime groups is 1. The van der Waals surface area contributed by atoms with E-state index in [-0.39, 0.29) is 47.1 Å². The maximum Gasteiger partial charge on any atom is 0.276 e. The number of pyridine rings is 1. The van der Waals surface area contributed by atoms with E-state index in [9.17, 15) is 49.3 Å². The van der Waals surface area contributed by atoms with Crippen molar-refractivity contribution in [3.05, 3.63) is 50.5 Å². The fourth-order valence-electron chi connectivity index (χ4n) is 6.67. The summed E-state index contributed by atoms with van der Waals surface area (Å²) >= 11 is 2.23. The summed E-state index contributed by atoms with van der Waals surface area (Å²) in [5.74, 6) is -5.88. The van der Waals surface area contributed by atoms with E-state index in [1.165, 1.54) is 17.1 Å². The summed E-state index contributed by atoms with van der Waals surface area (Å²) in [5, 5.41) is 50.7. The Kier molecular flexibility index (Phi) is 9.23. The standard InChI is InChI=1S/C30H34N8O11S2/c1-30(2,28(46)47)49-34-20(16-13-51-29(31)32-16)23(41)33-21-25(43)37-22(27(44)45)14(12-50-26(21)37)11-38-6-3-15(4-7-38)35(5-8-38)24(42)17-9-18(39)19(40)10-36(17)48/h9-10,13,15,21,26,48H,3-8,11-12H2,1-2H3,(H5-,31,32,33,40,41,44,45,46,47)/p-1/b34-20-/t15?,21-,26-,38?/m1/s1. The first-order valence-electron chi connectivity index (χ1n) is 15.7. The van der Waals surface area contributed by atoms with Crippen molar-refractivity contribution in [2.45, 2.75) is 49.7 Å². The summed E-state index contributed by atoms with van der Waals surface area (Å²) in [5.41, 5.74) is 2.38. The fraction of sp³-hybridized carbons (Fsp3) is 0.467. The molecule has 0 unspecified atom stereocenters. The summed E-state index contributed by atoms with van der Waals surface area (Å²) in [6.07, 6.45) is 1.90.